The van der Waals surface area contributed by atoms with Gasteiger partial charge in [-0.2, -0.15) is 4.31 Å². The van der Waals surface area contributed by atoms with E-state index in [4.69, 9.17) is 4.74 Å². The van der Waals surface area contributed by atoms with Crippen molar-refractivity contribution < 1.29 is 22.7 Å². The molecular weight excluding hydrogens is 464 g/mol. The molecule has 0 unspecified atom stereocenters. The molecule has 1 amide bonds. The van der Waals surface area contributed by atoms with Gasteiger partial charge in [0.15, 0.2) is 17.4 Å². The number of rotatable bonds is 10. The van der Waals surface area contributed by atoms with Crippen molar-refractivity contribution in [1.82, 2.24) is 9.29 Å². The largest absolute Gasteiger partial charge is 0.451 e. The van der Waals surface area contributed by atoms with Gasteiger partial charge >= 0.3 is 5.97 Å². The fourth-order valence-electron chi connectivity index (χ4n) is 3.59. The number of hydrogen-bond donors (Lipinski definition) is 2. The number of hydrogen-bond acceptors (Lipinski definition) is 8. The highest BCUT2D eigenvalue weighted by atomic mass is 32.2. The first kappa shape index (κ1) is 24.9. The normalized spacial score (nSPS) is 14.6. The highest BCUT2D eigenvalue weighted by molar-refractivity contribution is 7.89. The Morgan fingerprint density at radius 3 is 2.73 bits per heavy atom. The zero-order chi connectivity index (χ0) is 23.8. The summed E-state index contributed by atoms with van der Waals surface area (Å²) in [4.78, 5) is 28.7. The van der Waals surface area contributed by atoms with Crippen molar-refractivity contribution >= 4 is 44.1 Å². The van der Waals surface area contributed by atoms with Gasteiger partial charge in [-0.15, -0.1) is 17.9 Å². The Labute approximate surface area is 197 Å². The van der Waals surface area contributed by atoms with E-state index in [1.807, 2.05) is 0 Å². The summed E-state index contributed by atoms with van der Waals surface area (Å²) < 4.78 is 32.9. The van der Waals surface area contributed by atoms with Crippen LogP contribution < -0.4 is 10.6 Å². The molecule has 2 N–H and O–H groups in total. The minimum Gasteiger partial charge on any atom is -0.451 e. The molecule has 0 radical (unpaired) electrons. The number of esters is 1. The molecule has 0 spiro atoms. The number of benzene rings is 1. The topological polar surface area (TPSA) is 118 Å². The Morgan fingerprint density at radius 2 is 2.00 bits per heavy atom. The Bertz CT molecular complexity index is 1090. The number of anilines is 2. The van der Waals surface area contributed by atoms with Crippen LogP contribution in [-0.2, 0) is 19.6 Å². The maximum absolute atomic E-state index is 13.2. The number of ether oxygens (including phenoxy) is 1. The number of aromatic nitrogens is 1. The summed E-state index contributed by atoms with van der Waals surface area (Å²) in [5.41, 5.74) is 0.224. The molecule has 11 heteroatoms. The van der Waals surface area contributed by atoms with Gasteiger partial charge < -0.3 is 15.4 Å². The second-order valence-corrected chi connectivity index (χ2v) is 10.5. The standard InChI is InChI=1S/C22H28N4O5S2/c1-3-13-23-22-25-18(15-32-22)21(28)31-14-20(27)24-17-11-7-8-12-19(17)33(29,30)26(2)16-9-5-4-6-10-16/h3,7-8,11-12,15-16H,1,4-6,9-10,13-14H2,2H3,(H,23,25)(H,24,27). The van der Waals surface area contributed by atoms with E-state index in [2.05, 4.69) is 22.2 Å². The molecule has 0 bridgehead atoms. The molecule has 1 aliphatic carbocycles. The summed E-state index contributed by atoms with van der Waals surface area (Å²) in [5.74, 6) is -1.39. The molecule has 2 aromatic rings. The number of carbonyl (C=O) groups is 2. The lowest BCUT2D eigenvalue weighted by molar-refractivity contribution is -0.119. The minimum absolute atomic E-state index is 0.00943. The predicted molar refractivity (Wildman–Crippen MR) is 128 cm³/mol. The molecule has 1 aromatic heterocycles. The summed E-state index contributed by atoms with van der Waals surface area (Å²) in [6.45, 7) is 3.53. The smallest absolute Gasteiger partial charge is 0.358 e. The van der Waals surface area contributed by atoms with Crippen molar-refractivity contribution in [2.45, 2.75) is 43.0 Å². The molecule has 1 aromatic carbocycles. The molecule has 0 aliphatic heterocycles. The van der Waals surface area contributed by atoms with Gasteiger partial charge in [0.05, 0.1) is 5.69 Å². The van der Waals surface area contributed by atoms with Gasteiger partial charge in [0, 0.05) is 25.0 Å². The van der Waals surface area contributed by atoms with Crippen LogP contribution in [0.1, 0.15) is 42.6 Å². The van der Waals surface area contributed by atoms with Crippen molar-refractivity contribution in [3.8, 4) is 0 Å². The maximum atomic E-state index is 13.2. The van der Waals surface area contributed by atoms with E-state index in [1.165, 1.54) is 33.2 Å². The average molecular weight is 493 g/mol. The Morgan fingerprint density at radius 1 is 1.27 bits per heavy atom. The third-order valence-electron chi connectivity index (χ3n) is 5.35. The fraction of sp³-hybridized carbons (Fsp3) is 0.409. The predicted octanol–water partition coefficient (Wildman–Crippen LogP) is 3.49. The first-order chi connectivity index (χ1) is 15.8. The molecule has 1 saturated carbocycles. The quantitative estimate of drug-likeness (QED) is 0.385. The summed E-state index contributed by atoms with van der Waals surface area (Å²) in [6.07, 6.45) is 6.42. The Balaban J connectivity index is 1.63. The second kappa shape index (κ2) is 11.4. The lowest BCUT2D eigenvalue weighted by atomic mass is 9.96. The van der Waals surface area contributed by atoms with Crippen molar-refractivity contribution in [2.24, 2.45) is 0 Å². The van der Waals surface area contributed by atoms with Crippen LogP contribution in [0.15, 0.2) is 47.2 Å². The van der Waals surface area contributed by atoms with Gasteiger partial charge in [0.2, 0.25) is 10.0 Å². The number of thiazole rings is 1. The van der Waals surface area contributed by atoms with Crippen LogP contribution in [0.3, 0.4) is 0 Å². The van der Waals surface area contributed by atoms with Gasteiger partial charge in [0.25, 0.3) is 5.91 Å². The van der Waals surface area contributed by atoms with Gasteiger partial charge in [-0.05, 0) is 25.0 Å². The molecule has 0 saturated heterocycles. The first-order valence-corrected chi connectivity index (χ1v) is 13.0. The third kappa shape index (κ3) is 6.40. The molecule has 3 rings (SSSR count). The number of nitrogens with one attached hydrogen (secondary N) is 2. The maximum Gasteiger partial charge on any atom is 0.358 e. The first-order valence-electron chi connectivity index (χ1n) is 10.7. The monoisotopic (exact) mass is 492 g/mol. The number of carbonyl (C=O) groups excluding carboxylic acids is 2. The fourth-order valence-corrected chi connectivity index (χ4v) is 5.84. The van der Waals surface area contributed by atoms with Crippen LogP contribution in [0.4, 0.5) is 10.8 Å². The van der Waals surface area contributed by atoms with Crippen LogP contribution in [0.25, 0.3) is 0 Å². The highest BCUT2D eigenvalue weighted by Crippen LogP contribution is 2.29. The van der Waals surface area contributed by atoms with Crippen LogP contribution >= 0.6 is 11.3 Å². The molecular formula is C22H28N4O5S2. The van der Waals surface area contributed by atoms with Crippen LogP contribution in [0, 0.1) is 0 Å². The summed E-state index contributed by atoms with van der Waals surface area (Å²) in [5, 5.41) is 7.57. The Kier molecular flexibility index (Phi) is 8.59. The summed E-state index contributed by atoms with van der Waals surface area (Å²) in [7, 11) is -2.22. The number of amides is 1. The van der Waals surface area contributed by atoms with Crippen molar-refractivity contribution in [2.75, 3.05) is 30.8 Å². The molecule has 1 aliphatic rings. The number of nitrogens with zero attached hydrogens (tertiary/aromatic N) is 2. The number of sulfonamides is 1. The summed E-state index contributed by atoms with van der Waals surface area (Å²) >= 11 is 1.23. The van der Waals surface area contributed by atoms with E-state index in [0.717, 1.165) is 32.1 Å². The van der Waals surface area contributed by atoms with Crippen LogP contribution in [0.2, 0.25) is 0 Å². The highest BCUT2D eigenvalue weighted by Gasteiger charge is 2.31. The van der Waals surface area contributed by atoms with Crippen LogP contribution in [0.5, 0.6) is 0 Å². The van der Waals surface area contributed by atoms with Crippen molar-refractivity contribution in [3.63, 3.8) is 0 Å². The second-order valence-electron chi connectivity index (χ2n) is 7.64. The molecule has 0 atom stereocenters. The molecule has 33 heavy (non-hydrogen) atoms. The van der Waals surface area contributed by atoms with Crippen molar-refractivity contribution in [1.29, 1.82) is 0 Å². The van der Waals surface area contributed by atoms with E-state index < -0.39 is 28.5 Å². The molecule has 9 nitrogen and oxygen atoms in total. The van der Waals surface area contributed by atoms with E-state index >= 15 is 0 Å². The van der Waals surface area contributed by atoms with E-state index in [-0.39, 0.29) is 22.3 Å². The summed E-state index contributed by atoms with van der Waals surface area (Å²) in [6, 6.07) is 6.16. The SMILES string of the molecule is C=CCNc1nc(C(=O)OCC(=O)Nc2ccccc2S(=O)(=O)N(C)C2CCCCC2)cs1. The van der Waals surface area contributed by atoms with Gasteiger partial charge in [-0.1, -0.05) is 37.5 Å². The molecule has 178 valence electrons. The van der Waals surface area contributed by atoms with E-state index in [1.54, 1.807) is 25.3 Å². The van der Waals surface area contributed by atoms with Gasteiger partial charge in [-0.25, -0.2) is 18.2 Å². The van der Waals surface area contributed by atoms with E-state index in [0.29, 0.717) is 11.7 Å². The zero-order valence-corrected chi connectivity index (χ0v) is 20.1. The van der Waals surface area contributed by atoms with Gasteiger partial charge in [0.1, 0.15) is 4.90 Å². The van der Waals surface area contributed by atoms with Gasteiger partial charge in [-0.3, -0.25) is 4.79 Å². The minimum atomic E-state index is -3.81. The number of para-hydroxylation sites is 1. The lowest BCUT2D eigenvalue weighted by Crippen LogP contribution is -2.38. The third-order valence-corrected chi connectivity index (χ3v) is 8.12. The van der Waals surface area contributed by atoms with E-state index in [9.17, 15) is 18.0 Å². The molecule has 1 fully saturated rings. The zero-order valence-electron chi connectivity index (χ0n) is 18.5. The average Bonchev–Trinajstić information content (AvgIpc) is 3.30. The van der Waals surface area contributed by atoms with Crippen LogP contribution in [-0.4, -0.2) is 55.8 Å². The lowest BCUT2D eigenvalue weighted by Gasteiger charge is -2.30. The van der Waals surface area contributed by atoms with Crippen molar-refractivity contribution in [3.05, 3.63) is 48.0 Å². The molecule has 1 heterocycles. The Hall–Kier alpha value is -2.76.